The van der Waals surface area contributed by atoms with E-state index in [1.807, 2.05) is 0 Å². The number of alkyl halides is 9. The van der Waals surface area contributed by atoms with Gasteiger partial charge in [0.1, 0.15) is 17.6 Å². The Bertz CT molecular complexity index is 1740. The molecule has 0 spiro atoms. The molecule has 4 rings (SSSR count). The highest BCUT2D eigenvalue weighted by Crippen LogP contribution is 2.32. The van der Waals surface area contributed by atoms with Crippen molar-refractivity contribution < 1.29 is 48.6 Å². The summed E-state index contributed by atoms with van der Waals surface area (Å²) in [6.07, 6.45) is -10.2. The first kappa shape index (κ1) is 32.4. The summed E-state index contributed by atoms with van der Waals surface area (Å²) in [5.74, 6) is -1.48. The van der Waals surface area contributed by atoms with Gasteiger partial charge in [0.15, 0.2) is 5.82 Å². The minimum atomic E-state index is -5.19. The molecule has 0 amide bonds. The van der Waals surface area contributed by atoms with Crippen LogP contribution in [0.3, 0.4) is 0 Å². The topological polar surface area (TPSA) is 115 Å². The first-order valence-electron chi connectivity index (χ1n) is 12.2. The number of aromatic amines is 1. The number of ether oxygens (including phenoxy) is 1. The number of halogens is 10. The van der Waals surface area contributed by atoms with Crippen LogP contribution in [0.2, 0.25) is 0 Å². The molecule has 3 heterocycles. The Balaban J connectivity index is 1.57. The van der Waals surface area contributed by atoms with Crippen LogP contribution < -0.4 is 16.4 Å². The summed E-state index contributed by atoms with van der Waals surface area (Å²) in [6.45, 7) is -5.13. The molecule has 2 atom stereocenters. The largest absolute Gasteiger partial charge is 0.423 e. The number of hydrogen-bond acceptors (Lipinski definition) is 7. The molecular formula is C25H18F10N6O3. The number of aromatic nitrogens is 5. The quantitative estimate of drug-likeness (QED) is 0.230. The number of pyridine rings is 1. The maximum absolute atomic E-state index is 15.1. The van der Waals surface area contributed by atoms with Crippen LogP contribution in [0.25, 0.3) is 22.2 Å². The zero-order valence-electron chi connectivity index (χ0n) is 21.7. The number of H-pyrrole nitrogens is 1. The van der Waals surface area contributed by atoms with Gasteiger partial charge in [0.05, 0.1) is 47.6 Å². The summed E-state index contributed by atoms with van der Waals surface area (Å²) in [5, 5.41) is 6.77. The van der Waals surface area contributed by atoms with E-state index in [2.05, 4.69) is 25.1 Å². The van der Waals surface area contributed by atoms with Gasteiger partial charge >= 0.3 is 19.0 Å². The van der Waals surface area contributed by atoms with Gasteiger partial charge in [0.2, 0.25) is 0 Å². The highest BCUT2D eigenvalue weighted by atomic mass is 19.4. The van der Waals surface area contributed by atoms with E-state index < -0.39 is 90.3 Å². The van der Waals surface area contributed by atoms with Crippen molar-refractivity contribution in [3.63, 3.8) is 0 Å². The van der Waals surface area contributed by atoms with E-state index in [1.54, 1.807) is 5.10 Å². The van der Waals surface area contributed by atoms with Crippen molar-refractivity contribution >= 4 is 16.5 Å². The fraction of sp³-hybridized carbons (Fsp3) is 0.320. The van der Waals surface area contributed by atoms with E-state index in [0.717, 1.165) is 22.9 Å². The van der Waals surface area contributed by atoms with E-state index in [4.69, 9.17) is 0 Å². The third-order valence-corrected chi connectivity index (χ3v) is 6.14. The molecule has 44 heavy (non-hydrogen) atoms. The lowest BCUT2D eigenvalue weighted by Crippen LogP contribution is -2.35. The molecule has 0 aliphatic rings. The molecule has 1 unspecified atom stereocenters. The van der Waals surface area contributed by atoms with Crippen LogP contribution >= 0.6 is 0 Å². The molecule has 9 nitrogen and oxygen atoms in total. The Labute approximate surface area is 238 Å². The second-order valence-electron chi connectivity index (χ2n) is 9.24. The average Bonchev–Trinajstić information content (AvgIpc) is 2.92. The predicted octanol–water partition coefficient (Wildman–Crippen LogP) is 5.17. The Morgan fingerprint density at radius 3 is 2.27 bits per heavy atom. The van der Waals surface area contributed by atoms with Crippen molar-refractivity contribution in [1.82, 2.24) is 24.7 Å². The SMILES string of the molecule is O=c1[nH]ncc(NC(COC(F)F)C[C@@H](F)Cn2ccc3cc(-c4ncc(C(F)(F)F)cn4)c(F)cc3c2=O)c1C(F)(F)F. The van der Waals surface area contributed by atoms with Crippen molar-refractivity contribution in [1.29, 1.82) is 0 Å². The van der Waals surface area contributed by atoms with Gasteiger partial charge in [-0.05, 0) is 23.6 Å². The molecule has 1 aromatic carbocycles. The van der Waals surface area contributed by atoms with Gasteiger partial charge in [0, 0.05) is 25.0 Å². The van der Waals surface area contributed by atoms with E-state index in [1.165, 1.54) is 6.07 Å². The lowest BCUT2D eigenvalue weighted by molar-refractivity contribution is -0.139. The number of rotatable bonds is 10. The van der Waals surface area contributed by atoms with Crippen LogP contribution in [0.15, 0.2) is 52.6 Å². The molecule has 19 heteroatoms. The molecule has 0 saturated carbocycles. The predicted molar refractivity (Wildman–Crippen MR) is 133 cm³/mol. The zero-order chi connectivity index (χ0) is 32.4. The Hall–Kier alpha value is -4.55. The second kappa shape index (κ2) is 12.6. The van der Waals surface area contributed by atoms with Gasteiger partial charge in [-0.15, -0.1) is 0 Å². The minimum absolute atomic E-state index is 0.0907. The van der Waals surface area contributed by atoms with E-state index >= 15 is 4.39 Å². The van der Waals surface area contributed by atoms with Crippen LogP contribution in [-0.4, -0.2) is 50.2 Å². The number of hydrogen-bond donors (Lipinski definition) is 2. The molecule has 2 N–H and O–H groups in total. The summed E-state index contributed by atoms with van der Waals surface area (Å²) in [4.78, 5) is 31.7. The Kier molecular flexibility index (Phi) is 9.26. The monoisotopic (exact) mass is 640 g/mol. The smallest absolute Gasteiger partial charge is 0.378 e. The van der Waals surface area contributed by atoms with Gasteiger partial charge in [0.25, 0.3) is 11.1 Å². The van der Waals surface area contributed by atoms with Crippen molar-refractivity contribution in [2.75, 3.05) is 11.9 Å². The maximum Gasteiger partial charge on any atom is 0.423 e. The highest BCUT2D eigenvalue weighted by molar-refractivity contribution is 5.86. The summed E-state index contributed by atoms with van der Waals surface area (Å²) >= 11 is 0. The van der Waals surface area contributed by atoms with Gasteiger partial charge in [-0.2, -0.15) is 40.2 Å². The number of nitrogens with one attached hydrogen (secondary N) is 2. The van der Waals surface area contributed by atoms with E-state index in [-0.39, 0.29) is 16.3 Å². The molecule has 0 aliphatic carbocycles. The van der Waals surface area contributed by atoms with Gasteiger partial charge < -0.3 is 14.6 Å². The molecule has 236 valence electrons. The number of benzene rings is 1. The maximum atomic E-state index is 15.1. The molecule has 4 aromatic rings. The molecule has 0 radical (unpaired) electrons. The van der Waals surface area contributed by atoms with E-state index in [9.17, 15) is 49.1 Å². The summed E-state index contributed by atoms with van der Waals surface area (Å²) < 4.78 is 139. The molecule has 0 saturated heterocycles. The second-order valence-corrected chi connectivity index (χ2v) is 9.24. The molecule has 0 bridgehead atoms. The van der Waals surface area contributed by atoms with Crippen molar-refractivity contribution in [3.05, 3.63) is 80.6 Å². The summed E-state index contributed by atoms with van der Waals surface area (Å²) in [6, 6.07) is 1.53. The number of nitrogens with zero attached hydrogens (tertiary/aromatic N) is 4. The molecular weight excluding hydrogens is 622 g/mol. The van der Waals surface area contributed by atoms with Crippen LogP contribution in [0.4, 0.5) is 49.6 Å². The summed E-state index contributed by atoms with van der Waals surface area (Å²) in [7, 11) is 0. The molecule has 3 aromatic heterocycles. The first-order valence-corrected chi connectivity index (χ1v) is 12.2. The van der Waals surface area contributed by atoms with Crippen LogP contribution in [0.5, 0.6) is 0 Å². The van der Waals surface area contributed by atoms with Crippen molar-refractivity contribution in [2.24, 2.45) is 0 Å². The fourth-order valence-electron chi connectivity index (χ4n) is 4.20. The van der Waals surface area contributed by atoms with Gasteiger partial charge in [-0.3, -0.25) is 9.59 Å². The summed E-state index contributed by atoms with van der Waals surface area (Å²) in [5.41, 5.74) is -6.72. The minimum Gasteiger partial charge on any atom is -0.378 e. The van der Waals surface area contributed by atoms with E-state index in [0.29, 0.717) is 18.6 Å². The normalized spacial score (nSPS) is 13.8. The van der Waals surface area contributed by atoms with Crippen molar-refractivity contribution in [2.45, 2.75) is 44.1 Å². The van der Waals surface area contributed by atoms with Gasteiger partial charge in [-0.25, -0.2) is 23.8 Å². The third kappa shape index (κ3) is 7.50. The van der Waals surface area contributed by atoms with Crippen molar-refractivity contribution in [3.8, 4) is 11.4 Å². The average molecular weight is 640 g/mol. The fourth-order valence-corrected chi connectivity index (χ4v) is 4.20. The number of fused-ring (bicyclic) bond motifs is 1. The molecule has 0 aliphatic heterocycles. The lowest BCUT2D eigenvalue weighted by Gasteiger charge is -2.23. The van der Waals surface area contributed by atoms with Crippen LogP contribution in [-0.2, 0) is 23.6 Å². The third-order valence-electron chi connectivity index (χ3n) is 6.14. The first-order chi connectivity index (χ1) is 20.5. The number of anilines is 1. The standard InChI is InChI=1S/C25H18F10N6O3/c26-13(4-14(10-44-23(28)29)39-18-8-38-40-21(42)19(18)25(33,34)35)9-41-2-1-11-3-16(17(27)5-15(11)22(41)43)20-36-6-12(7-37-20)24(30,31)32/h1-3,5-8,13-14,23H,4,9-10H2,(H2,39,40,42)/t13-,14?/m1/s1. The van der Waals surface area contributed by atoms with Crippen LogP contribution in [0, 0.1) is 5.82 Å². The Morgan fingerprint density at radius 2 is 1.66 bits per heavy atom. The highest BCUT2D eigenvalue weighted by Gasteiger charge is 2.38. The molecule has 0 fully saturated rings. The zero-order valence-corrected chi connectivity index (χ0v) is 21.7. The van der Waals surface area contributed by atoms with Crippen LogP contribution in [0.1, 0.15) is 17.5 Å². The Morgan fingerprint density at radius 1 is 0.977 bits per heavy atom. The van der Waals surface area contributed by atoms with Gasteiger partial charge in [-0.1, -0.05) is 0 Å². The lowest BCUT2D eigenvalue weighted by atomic mass is 10.1.